The Hall–Kier alpha value is -2.44. The molecule has 1 N–H and O–H groups in total. The van der Waals surface area contributed by atoms with E-state index in [9.17, 15) is 10.1 Å². The highest BCUT2D eigenvalue weighted by molar-refractivity contribution is 9.10. The molecule has 27 heavy (non-hydrogen) atoms. The molecule has 2 rings (SSSR count). The summed E-state index contributed by atoms with van der Waals surface area (Å²) >= 11 is 15.6. The van der Waals surface area contributed by atoms with Crippen LogP contribution in [0.1, 0.15) is 11.1 Å². The number of halogens is 3. The number of hydrogen-bond acceptors (Lipinski definition) is 3. The van der Waals surface area contributed by atoms with Crippen LogP contribution in [0.4, 0.5) is 5.69 Å². The first-order chi connectivity index (χ1) is 12.8. The highest BCUT2D eigenvalue weighted by Crippen LogP contribution is 2.35. The molecule has 2 aromatic carbocycles. The van der Waals surface area contributed by atoms with E-state index in [1.165, 1.54) is 6.08 Å². The Morgan fingerprint density at radius 2 is 2.07 bits per heavy atom. The van der Waals surface area contributed by atoms with Gasteiger partial charge in [-0.3, -0.25) is 4.79 Å². The van der Waals surface area contributed by atoms with E-state index in [2.05, 4.69) is 27.2 Å². The number of ether oxygens (including phenoxy) is 1. The summed E-state index contributed by atoms with van der Waals surface area (Å²) in [6.45, 7) is 1.92. The first-order valence-corrected chi connectivity index (χ1v) is 9.15. The summed E-state index contributed by atoms with van der Waals surface area (Å²) in [6.07, 6.45) is 6.60. The van der Waals surface area contributed by atoms with Crippen molar-refractivity contribution in [2.24, 2.45) is 0 Å². The van der Waals surface area contributed by atoms with Gasteiger partial charge in [0, 0.05) is 10.7 Å². The van der Waals surface area contributed by atoms with Gasteiger partial charge in [-0.15, -0.1) is 6.42 Å². The Bertz CT molecular complexity index is 981. The molecule has 7 heteroatoms. The Labute approximate surface area is 175 Å². The van der Waals surface area contributed by atoms with Crippen molar-refractivity contribution < 1.29 is 9.53 Å². The second-order valence-corrected chi connectivity index (χ2v) is 7.06. The molecule has 0 unspecified atom stereocenters. The van der Waals surface area contributed by atoms with Gasteiger partial charge in [-0.05, 0) is 64.3 Å². The summed E-state index contributed by atoms with van der Waals surface area (Å²) in [5.41, 5.74) is 1.84. The lowest BCUT2D eigenvalue weighted by Gasteiger charge is -2.09. The number of rotatable bonds is 5. The predicted octanol–water partition coefficient (Wildman–Crippen LogP) is 5.62. The molecule has 0 aliphatic heterocycles. The normalized spacial score (nSPS) is 10.7. The Balaban J connectivity index is 2.27. The van der Waals surface area contributed by atoms with Gasteiger partial charge in [-0.1, -0.05) is 35.2 Å². The highest BCUT2D eigenvalue weighted by atomic mass is 79.9. The number of terminal acetylenes is 1. The van der Waals surface area contributed by atoms with E-state index in [0.29, 0.717) is 31.5 Å². The summed E-state index contributed by atoms with van der Waals surface area (Å²) < 4.78 is 5.91. The van der Waals surface area contributed by atoms with E-state index in [1.807, 2.05) is 13.0 Å². The molecule has 136 valence electrons. The maximum absolute atomic E-state index is 12.4. The van der Waals surface area contributed by atoms with Crippen molar-refractivity contribution in [1.82, 2.24) is 0 Å². The SMILES string of the molecule is C#CCOc1c(Cl)cc(C=C(C#N)C(=O)Nc2ccc(C)c(Cl)c2)cc1Br. The minimum atomic E-state index is -0.558. The summed E-state index contributed by atoms with van der Waals surface area (Å²) in [6, 6.07) is 10.2. The number of benzene rings is 2. The van der Waals surface area contributed by atoms with Crippen molar-refractivity contribution in [3.05, 3.63) is 61.5 Å². The minimum Gasteiger partial charge on any atom is -0.478 e. The molecule has 1 amide bonds. The van der Waals surface area contributed by atoms with Crippen LogP contribution in [0.15, 0.2) is 40.4 Å². The standard InChI is InChI=1S/C20H13BrCl2N2O2/c1-3-6-27-19-16(21)8-13(9-18(19)23)7-14(11-24)20(26)25-15-5-4-12(2)17(22)10-15/h1,4-5,7-10H,6H2,2H3,(H,25,26). The third kappa shape index (κ3) is 5.52. The monoisotopic (exact) mass is 462 g/mol. The predicted molar refractivity (Wildman–Crippen MR) is 112 cm³/mol. The van der Waals surface area contributed by atoms with Crippen LogP contribution in [-0.2, 0) is 4.79 Å². The zero-order valence-electron chi connectivity index (χ0n) is 14.1. The molecule has 0 saturated heterocycles. The van der Waals surface area contributed by atoms with Crippen LogP contribution in [0.2, 0.25) is 10.0 Å². The number of aryl methyl sites for hydroxylation is 1. The number of nitrogens with zero attached hydrogens (tertiary/aromatic N) is 1. The van der Waals surface area contributed by atoms with Gasteiger partial charge >= 0.3 is 0 Å². The van der Waals surface area contributed by atoms with Crippen molar-refractivity contribution in [2.75, 3.05) is 11.9 Å². The molecule has 0 radical (unpaired) electrons. The summed E-state index contributed by atoms with van der Waals surface area (Å²) in [7, 11) is 0. The van der Waals surface area contributed by atoms with Gasteiger partial charge in [0.25, 0.3) is 5.91 Å². The zero-order chi connectivity index (χ0) is 20.0. The molecule has 0 saturated carbocycles. The summed E-state index contributed by atoms with van der Waals surface area (Å²) in [5, 5.41) is 12.8. The van der Waals surface area contributed by atoms with E-state index in [-0.39, 0.29) is 12.2 Å². The maximum Gasteiger partial charge on any atom is 0.266 e. The van der Waals surface area contributed by atoms with Crippen molar-refractivity contribution in [1.29, 1.82) is 5.26 Å². The van der Waals surface area contributed by atoms with Gasteiger partial charge in [-0.25, -0.2) is 0 Å². The molecule has 0 heterocycles. The molecule has 0 aliphatic rings. The second-order valence-electron chi connectivity index (χ2n) is 5.39. The van der Waals surface area contributed by atoms with Crippen LogP contribution < -0.4 is 10.1 Å². The van der Waals surface area contributed by atoms with E-state index in [4.69, 9.17) is 34.4 Å². The van der Waals surface area contributed by atoms with Crippen molar-refractivity contribution >= 4 is 56.8 Å². The third-order valence-corrected chi connectivity index (χ3v) is 4.70. The van der Waals surface area contributed by atoms with Crippen molar-refractivity contribution in [3.63, 3.8) is 0 Å². The van der Waals surface area contributed by atoms with E-state index in [0.717, 1.165) is 5.56 Å². The van der Waals surface area contributed by atoms with Crippen molar-refractivity contribution in [3.8, 4) is 24.2 Å². The van der Waals surface area contributed by atoms with E-state index >= 15 is 0 Å². The van der Waals surface area contributed by atoms with Gasteiger partial charge in [0.1, 0.15) is 18.2 Å². The lowest BCUT2D eigenvalue weighted by molar-refractivity contribution is -0.112. The van der Waals surface area contributed by atoms with E-state index in [1.54, 1.807) is 30.3 Å². The van der Waals surface area contributed by atoms with Crippen LogP contribution in [0.3, 0.4) is 0 Å². The fraction of sp³-hybridized carbons (Fsp3) is 0.100. The quantitative estimate of drug-likeness (QED) is 0.355. The topological polar surface area (TPSA) is 62.1 Å². The largest absolute Gasteiger partial charge is 0.478 e. The number of nitriles is 1. The molecule has 0 aliphatic carbocycles. The molecule has 0 atom stereocenters. The lowest BCUT2D eigenvalue weighted by Crippen LogP contribution is -2.13. The second kappa shape index (κ2) is 9.48. The number of carbonyl (C=O) groups is 1. The fourth-order valence-corrected chi connectivity index (χ4v) is 3.27. The molecule has 4 nitrogen and oxygen atoms in total. The van der Waals surface area contributed by atoms with Crippen molar-refractivity contribution in [2.45, 2.75) is 6.92 Å². The average Bonchev–Trinajstić information content (AvgIpc) is 2.62. The Morgan fingerprint density at radius 3 is 2.67 bits per heavy atom. The first kappa shape index (κ1) is 20.9. The number of carbonyl (C=O) groups excluding carboxylic acids is 1. The Morgan fingerprint density at radius 1 is 1.33 bits per heavy atom. The molecular weight excluding hydrogens is 451 g/mol. The number of amides is 1. The average molecular weight is 464 g/mol. The van der Waals surface area contributed by atoms with Crippen LogP contribution in [0, 0.1) is 30.6 Å². The first-order valence-electron chi connectivity index (χ1n) is 7.60. The lowest BCUT2D eigenvalue weighted by atomic mass is 10.1. The minimum absolute atomic E-state index is 0.0679. The summed E-state index contributed by atoms with van der Waals surface area (Å²) in [5.74, 6) is 2.19. The highest BCUT2D eigenvalue weighted by Gasteiger charge is 2.13. The molecule has 0 fully saturated rings. The zero-order valence-corrected chi connectivity index (χ0v) is 17.2. The molecule has 0 spiro atoms. The van der Waals surface area contributed by atoms with Gasteiger partial charge in [0.15, 0.2) is 5.75 Å². The molecular formula is C20H13BrCl2N2O2. The molecule has 2 aromatic rings. The number of nitrogens with one attached hydrogen (secondary N) is 1. The molecule has 0 bridgehead atoms. The molecule has 0 aromatic heterocycles. The van der Waals surface area contributed by atoms with Gasteiger partial charge in [0.05, 0.1) is 9.50 Å². The summed E-state index contributed by atoms with van der Waals surface area (Å²) in [4.78, 5) is 12.4. The van der Waals surface area contributed by atoms with Gasteiger partial charge < -0.3 is 10.1 Å². The van der Waals surface area contributed by atoms with Crippen LogP contribution in [0.5, 0.6) is 5.75 Å². The Kier molecular flexibility index (Phi) is 7.33. The number of hydrogen-bond donors (Lipinski definition) is 1. The van der Waals surface area contributed by atoms with E-state index < -0.39 is 5.91 Å². The number of anilines is 1. The van der Waals surface area contributed by atoms with Gasteiger partial charge in [0.2, 0.25) is 0 Å². The van der Waals surface area contributed by atoms with Crippen LogP contribution in [0.25, 0.3) is 6.08 Å². The fourth-order valence-electron chi connectivity index (χ4n) is 2.10. The smallest absolute Gasteiger partial charge is 0.266 e. The van der Waals surface area contributed by atoms with Crippen LogP contribution in [-0.4, -0.2) is 12.5 Å². The van der Waals surface area contributed by atoms with Crippen LogP contribution >= 0.6 is 39.1 Å². The maximum atomic E-state index is 12.4. The third-order valence-electron chi connectivity index (χ3n) is 3.43. The van der Waals surface area contributed by atoms with Gasteiger partial charge in [-0.2, -0.15) is 5.26 Å².